The van der Waals surface area contributed by atoms with E-state index < -0.39 is 0 Å². The largest absolute Gasteiger partial charge is 0.438 e. The molecule has 1 aromatic heterocycles. The smallest absolute Gasteiger partial charge is 0.219 e. The Morgan fingerprint density at radius 1 is 1.11 bits per heavy atom. The summed E-state index contributed by atoms with van der Waals surface area (Å²) >= 11 is 0. The standard InChI is InChI=1S/C16H17NO2/c1-10-5-6-11(2)16(12(10)3)19-15-9-14(13(4)18)7-8-17-15/h5-9H,1-4H3. The van der Waals surface area contributed by atoms with E-state index in [1.807, 2.05) is 26.8 Å². The average molecular weight is 255 g/mol. The Hall–Kier alpha value is -2.16. The van der Waals surface area contributed by atoms with Gasteiger partial charge in [-0.1, -0.05) is 12.1 Å². The quantitative estimate of drug-likeness (QED) is 0.778. The van der Waals surface area contributed by atoms with Gasteiger partial charge in [-0.05, 0) is 50.5 Å². The number of ether oxygens (including phenoxy) is 1. The van der Waals surface area contributed by atoms with Crippen molar-refractivity contribution in [2.45, 2.75) is 27.7 Å². The number of pyridine rings is 1. The summed E-state index contributed by atoms with van der Waals surface area (Å²) in [6, 6.07) is 7.44. The third-order valence-corrected chi connectivity index (χ3v) is 3.22. The maximum Gasteiger partial charge on any atom is 0.219 e. The minimum atomic E-state index is 0.00457. The van der Waals surface area contributed by atoms with Gasteiger partial charge in [0.2, 0.25) is 5.88 Å². The first-order valence-electron chi connectivity index (χ1n) is 6.20. The molecule has 0 N–H and O–H groups in total. The number of Topliss-reactive ketones (excluding diaryl/α,β-unsaturated/α-hetero) is 1. The second kappa shape index (κ2) is 5.22. The number of hydrogen-bond acceptors (Lipinski definition) is 3. The van der Waals surface area contributed by atoms with Crippen LogP contribution in [0.5, 0.6) is 11.6 Å². The van der Waals surface area contributed by atoms with Crippen molar-refractivity contribution in [2.24, 2.45) is 0 Å². The van der Waals surface area contributed by atoms with Crippen LogP contribution in [0.15, 0.2) is 30.5 Å². The molecule has 3 nitrogen and oxygen atoms in total. The summed E-state index contributed by atoms with van der Waals surface area (Å²) in [5, 5.41) is 0. The van der Waals surface area contributed by atoms with Gasteiger partial charge in [-0.25, -0.2) is 4.98 Å². The highest BCUT2D eigenvalue weighted by Crippen LogP contribution is 2.29. The first kappa shape index (κ1) is 13.3. The highest BCUT2D eigenvalue weighted by Gasteiger charge is 2.09. The average Bonchev–Trinajstić information content (AvgIpc) is 2.39. The third kappa shape index (κ3) is 2.81. The van der Waals surface area contributed by atoms with Crippen molar-refractivity contribution in [2.75, 3.05) is 0 Å². The Balaban J connectivity index is 2.39. The highest BCUT2D eigenvalue weighted by atomic mass is 16.5. The van der Waals surface area contributed by atoms with Gasteiger partial charge in [-0.15, -0.1) is 0 Å². The second-order valence-corrected chi connectivity index (χ2v) is 4.69. The lowest BCUT2D eigenvalue weighted by atomic mass is 10.1. The molecule has 2 rings (SSSR count). The van der Waals surface area contributed by atoms with Crippen LogP contribution in [0.1, 0.15) is 34.0 Å². The van der Waals surface area contributed by atoms with E-state index in [1.54, 1.807) is 18.3 Å². The van der Waals surface area contributed by atoms with Gasteiger partial charge in [-0.3, -0.25) is 4.79 Å². The van der Waals surface area contributed by atoms with Crippen LogP contribution in [0.25, 0.3) is 0 Å². The molecule has 19 heavy (non-hydrogen) atoms. The molecule has 0 aliphatic carbocycles. The van der Waals surface area contributed by atoms with Crippen molar-refractivity contribution in [3.05, 3.63) is 52.7 Å². The van der Waals surface area contributed by atoms with Gasteiger partial charge in [0, 0.05) is 17.8 Å². The van der Waals surface area contributed by atoms with Crippen LogP contribution in [-0.4, -0.2) is 10.8 Å². The van der Waals surface area contributed by atoms with Crippen LogP contribution in [0, 0.1) is 20.8 Å². The molecule has 2 aromatic rings. The summed E-state index contributed by atoms with van der Waals surface area (Å²) in [5.41, 5.74) is 3.92. The number of aromatic nitrogens is 1. The lowest BCUT2D eigenvalue weighted by molar-refractivity contribution is 0.101. The van der Waals surface area contributed by atoms with Crippen LogP contribution in [0.4, 0.5) is 0 Å². The Bertz CT molecular complexity index is 633. The van der Waals surface area contributed by atoms with Crippen molar-refractivity contribution in [1.82, 2.24) is 4.98 Å². The number of benzene rings is 1. The topological polar surface area (TPSA) is 39.2 Å². The van der Waals surface area contributed by atoms with E-state index >= 15 is 0 Å². The zero-order chi connectivity index (χ0) is 14.0. The molecule has 0 saturated heterocycles. The molecular weight excluding hydrogens is 238 g/mol. The Morgan fingerprint density at radius 3 is 2.47 bits per heavy atom. The minimum Gasteiger partial charge on any atom is -0.438 e. The number of ketones is 1. The highest BCUT2D eigenvalue weighted by molar-refractivity contribution is 5.94. The molecule has 0 spiro atoms. The SMILES string of the molecule is CC(=O)c1ccnc(Oc2c(C)ccc(C)c2C)c1. The lowest BCUT2D eigenvalue weighted by Crippen LogP contribution is -1.97. The summed E-state index contributed by atoms with van der Waals surface area (Å²) in [6.45, 7) is 7.59. The number of hydrogen-bond donors (Lipinski definition) is 0. The van der Waals surface area contributed by atoms with Crippen LogP contribution in [0.3, 0.4) is 0 Å². The number of aryl methyl sites for hydroxylation is 2. The molecule has 0 saturated carbocycles. The fourth-order valence-corrected chi connectivity index (χ4v) is 1.87. The van der Waals surface area contributed by atoms with Gasteiger partial charge in [0.15, 0.2) is 5.78 Å². The van der Waals surface area contributed by atoms with E-state index in [0.717, 1.165) is 16.9 Å². The Kier molecular flexibility index (Phi) is 3.65. The van der Waals surface area contributed by atoms with E-state index in [4.69, 9.17) is 4.74 Å². The number of rotatable bonds is 3. The molecule has 1 heterocycles. The predicted molar refractivity (Wildman–Crippen MR) is 75.0 cm³/mol. The van der Waals surface area contributed by atoms with E-state index in [0.29, 0.717) is 11.4 Å². The molecule has 3 heteroatoms. The van der Waals surface area contributed by atoms with Gasteiger partial charge < -0.3 is 4.74 Å². The molecule has 98 valence electrons. The molecule has 0 aliphatic rings. The fourth-order valence-electron chi connectivity index (χ4n) is 1.87. The fraction of sp³-hybridized carbons (Fsp3) is 0.250. The summed E-state index contributed by atoms with van der Waals surface area (Å²) in [7, 11) is 0. The van der Waals surface area contributed by atoms with Crippen molar-refractivity contribution in [1.29, 1.82) is 0 Å². The van der Waals surface area contributed by atoms with Crippen LogP contribution in [-0.2, 0) is 0 Å². The normalized spacial score (nSPS) is 10.3. The van der Waals surface area contributed by atoms with Gasteiger partial charge in [0.25, 0.3) is 0 Å². The predicted octanol–water partition coefficient (Wildman–Crippen LogP) is 4.00. The molecular formula is C16H17NO2. The molecule has 0 amide bonds. The minimum absolute atomic E-state index is 0.00457. The molecule has 0 aliphatic heterocycles. The summed E-state index contributed by atoms with van der Waals surface area (Å²) in [5.74, 6) is 1.27. The van der Waals surface area contributed by atoms with E-state index in [-0.39, 0.29) is 5.78 Å². The van der Waals surface area contributed by atoms with Crippen LogP contribution in [0.2, 0.25) is 0 Å². The number of carbonyl (C=O) groups excluding carboxylic acids is 1. The lowest BCUT2D eigenvalue weighted by Gasteiger charge is -2.13. The maximum absolute atomic E-state index is 11.4. The molecule has 1 aromatic carbocycles. The first-order chi connectivity index (χ1) is 8.99. The van der Waals surface area contributed by atoms with E-state index in [2.05, 4.69) is 11.1 Å². The maximum atomic E-state index is 11.4. The van der Waals surface area contributed by atoms with E-state index in [9.17, 15) is 4.79 Å². The zero-order valence-electron chi connectivity index (χ0n) is 11.7. The van der Waals surface area contributed by atoms with E-state index in [1.165, 1.54) is 12.5 Å². The number of nitrogens with zero attached hydrogens (tertiary/aromatic N) is 1. The summed E-state index contributed by atoms with van der Waals surface area (Å²) in [4.78, 5) is 15.5. The second-order valence-electron chi connectivity index (χ2n) is 4.69. The monoisotopic (exact) mass is 255 g/mol. The van der Waals surface area contributed by atoms with Gasteiger partial charge in [0.05, 0.1) is 0 Å². The molecule has 0 bridgehead atoms. The van der Waals surface area contributed by atoms with Crippen molar-refractivity contribution in [3.8, 4) is 11.6 Å². The molecule has 0 fully saturated rings. The van der Waals surface area contributed by atoms with Crippen molar-refractivity contribution in [3.63, 3.8) is 0 Å². The molecule has 0 unspecified atom stereocenters. The first-order valence-corrected chi connectivity index (χ1v) is 6.20. The van der Waals surface area contributed by atoms with Crippen LogP contribution >= 0.6 is 0 Å². The van der Waals surface area contributed by atoms with Crippen molar-refractivity contribution < 1.29 is 9.53 Å². The van der Waals surface area contributed by atoms with Gasteiger partial charge in [0.1, 0.15) is 5.75 Å². The van der Waals surface area contributed by atoms with Gasteiger partial charge in [-0.2, -0.15) is 0 Å². The zero-order valence-corrected chi connectivity index (χ0v) is 11.7. The Labute approximate surface area is 113 Å². The van der Waals surface area contributed by atoms with Gasteiger partial charge >= 0.3 is 0 Å². The summed E-state index contributed by atoms with van der Waals surface area (Å²) in [6.07, 6.45) is 1.59. The molecule has 0 atom stereocenters. The van der Waals surface area contributed by atoms with Crippen molar-refractivity contribution >= 4 is 5.78 Å². The molecule has 0 radical (unpaired) electrons. The third-order valence-electron chi connectivity index (χ3n) is 3.22. The van der Waals surface area contributed by atoms with Crippen LogP contribution < -0.4 is 4.74 Å². The summed E-state index contributed by atoms with van der Waals surface area (Å²) < 4.78 is 5.85. The number of carbonyl (C=O) groups is 1. The Morgan fingerprint density at radius 2 is 1.79 bits per heavy atom.